The van der Waals surface area contributed by atoms with Crippen LogP contribution < -0.4 is 4.31 Å². The molecule has 3 nitrogen and oxygen atoms in total. The number of fused-ring (bicyclic) bond motifs is 1. The number of benzene rings is 3. The number of rotatable bonds is 4. The van der Waals surface area contributed by atoms with E-state index in [0.717, 1.165) is 11.1 Å². The van der Waals surface area contributed by atoms with Gasteiger partial charge in [0.15, 0.2) is 0 Å². The smallest absolute Gasteiger partial charge is 0.264 e. The van der Waals surface area contributed by atoms with Gasteiger partial charge in [0, 0.05) is 12.5 Å². The molecule has 1 aliphatic heterocycles. The van der Waals surface area contributed by atoms with E-state index in [2.05, 4.69) is 0 Å². The fourth-order valence-electron chi connectivity index (χ4n) is 3.59. The van der Waals surface area contributed by atoms with E-state index in [9.17, 15) is 8.42 Å². The van der Waals surface area contributed by atoms with Crippen LogP contribution in [0.5, 0.6) is 0 Å². The second kappa shape index (κ2) is 6.82. The van der Waals surface area contributed by atoms with Crippen molar-refractivity contribution in [2.24, 2.45) is 0 Å². The van der Waals surface area contributed by atoms with Crippen LogP contribution in [-0.2, 0) is 10.0 Å². The summed E-state index contributed by atoms with van der Waals surface area (Å²) in [4.78, 5) is 0.221. The molecule has 0 aliphatic carbocycles. The molecule has 1 heterocycles. The van der Waals surface area contributed by atoms with E-state index in [1.54, 1.807) is 60.7 Å². The molecule has 0 bridgehead atoms. The lowest BCUT2D eigenvalue weighted by molar-refractivity contribution is 0.297. The van der Waals surface area contributed by atoms with Crippen LogP contribution >= 0.6 is 0 Å². The van der Waals surface area contributed by atoms with Crippen molar-refractivity contribution in [3.8, 4) is 0 Å². The van der Waals surface area contributed by atoms with Crippen molar-refractivity contribution in [1.29, 1.82) is 0 Å². The number of nitrogens with zero attached hydrogens (tertiary/aromatic N) is 1. The van der Waals surface area contributed by atoms with E-state index in [1.165, 1.54) is 4.31 Å². The van der Waals surface area contributed by atoms with E-state index in [0.29, 0.717) is 11.3 Å². The zero-order valence-corrected chi connectivity index (χ0v) is 15.7. The van der Waals surface area contributed by atoms with Crippen molar-refractivity contribution in [2.75, 3.05) is 10.8 Å². The van der Waals surface area contributed by atoms with E-state index >= 15 is 4.39 Å². The molecule has 2 unspecified atom stereocenters. The third-order valence-electron chi connectivity index (χ3n) is 5.05. The molecule has 0 spiro atoms. The first-order valence-electron chi connectivity index (χ1n) is 8.86. The van der Waals surface area contributed by atoms with Gasteiger partial charge < -0.3 is 0 Å². The normalized spacial score (nSPS) is 17.6. The van der Waals surface area contributed by atoms with Gasteiger partial charge in [-0.15, -0.1) is 0 Å². The number of hydrogen-bond donors (Lipinski definition) is 0. The summed E-state index contributed by atoms with van der Waals surface area (Å²) in [5, 5.41) is 0. The number of alkyl halides is 1. The Morgan fingerprint density at radius 3 is 2.26 bits per heavy atom. The van der Waals surface area contributed by atoms with Gasteiger partial charge in [0.05, 0.1) is 10.6 Å². The maximum atomic E-state index is 15.3. The Labute approximate surface area is 159 Å². The minimum atomic E-state index is -3.75. The molecule has 0 aromatic heterocycles. The lowest BCUT2D eigenvalue weighted by atomic mass is 9.92. The maximum absolute atomic E-state index is 15.3. The number of hydrogen-bond acceptors (Lipinski definition) is 2. The third-order valence-corrected chi connectivity index (χ3v) is 6.84. The maximum Gasteiger partial charge on any atom is 0.264 e. The number of sulfonamides is 1. The molecule has 0 saturated heterocycles. The molecule has 5 heteroatoms. The third kappa shape index (κ3) is 3.12. The van der Waals surface area contributed by atoms with Crippen molar-refractivity contribution in [3.05, 3.63) is 95.6 Å². The highest BCUT2D eigenvalue weighted by molar-refractivity contribution is 7.92. The van der Waals surface area contributed by atoms with E-state index in [4.69, 9.17) is 0 Å². The first kappa shape index (κ1) is 17.7. The second-order valence-corrected chi connectivity index (χ2v) is 8.69. The molecule has 4 rings (SSSR count). The Kier molecular flexibility index (Phi) is 4.48. The molecule has 3 aromatic carbocycles. The summed E-state index contributed by atoms with van der Waals surface area (Å²) < 4.78 is 43.1. The van der Waals surface area contributed by atoms with Crippen molar-refractivity contribution < 1.29 is 12.8 Å². The lowest BCUT2D eigenvalue weighted by Gasteiger charge is -2.21. The zero-order valence-electron chi connectivity index (χ0n) is 14.9. The largest absolute Gasteiger partial charge is 0.265 e. The fourth-order valence-corrected chi connectivity index (χ4v) is 5.10. The van der Waals surface area contributed by atoms with Crippen LogP contribution in [0.1, 0.15) is 28.8 Å². The molecule has 2 atom stereocenters. The SMILES string of the molecule is Cc1ccc(S(=O)(=O)N2CC(C(F)c3ccccc3)c3ccccc32)cc1. The lowest BCUT2D eigenvalue weighted by Crippen LogP contribution is -2.30. The van der Waals surface area contributed by atoms with Crippen LogP contribution in [0.25, 0.3) is 0 Å². The van der Waals surface area contributed by atoms with Gasteiger partial charge in [-0.2, -0.15) is 0 Å². The topological polar surface area (TPSA) is 37.4 Å². The van der Waals surface area contributed by atoms with E-state index in [1.807, 2.05) is 25.1 Å². The Balaban J connectivity index is 1.75. The Hall–Kier alpha value is -2.66. The van der Waals surface area contributed by atoms with Crippen LogP contribution in [0.15, 0.2) is 83.8 Å². The molecule has 1 aliphatic rings. The molecule has 0 fully saturated rings. The van der Waals surface area contributed by atoms with Gasteiger partial charge in [0.2, 0.25) is 0 Å². The van der Waals surface area contributed by atoms with Gasteiger partial charge in [-0.1, -0.05) is 66.2 Å². The highest BCUT2D eigenvalue weighted by Crippen LogP contribution is 2.46. The average Bonchev–Trinajstić information content (AvgIpc) is 3.09. The first-order chi connectivity index (χ1) is 13.0. The summed E-state index contributed by atoms with van der Waals surface area (Å²) in [6.07, 6.45) is -1.27. The number of aryl methyl sites for hydroxylation is 1. The highest BCUT2D eigenvalue weighted by atomic mass is 32.2. The zero-order chi connectivity index (χ0) is 19.0. The first-order valence-corrected chi connectivity index (χ1v) is 10.3. The average molecular weight is 381 g/mol. The van der Waals surface area contributed by atoms with Gasteiger partial charge in [-0.25, -0.2) is 12.8 Å². The van der Waals surface area contributed by atoms with Crippen LogP contribution in [0, 0.1) is 6.92 Å². The summed E-state index contributed by atoms with van der Waals surface area (Å²) in [6.45, 7) is 2.00. The summed E-state index contributed by atoms with van der Waals surface area (Å²) >= 11 is 0. The van der Waals surface area contributed by atoms with Crippen LogP contribution in [-0.4, -0.2) is 15.0 Å². The number of para-hydroxylation sites is 1. The van der Waals surface area contributed by atoms with Gasteiger partial charge >= 0.3 is 0 Å². The van der Waals surface area contributed by atoms with Crippen molar-refractivity contribution in [2.45, 2.75) is 23.9 Å². The van der Waals surface area contributed by atoms with Crippen LogP contribution in [0.3, 0.4) is 0 Å². The molecule has 27 heavy (non-hydrogen) atoms. The fraction of sp³-hybridized carbons (Fsp3) is 0.182. The molecule has 0 amide bonds. The van der Waals surface area contributed by atoms with Gasteiger partial charge in [-0.05, 0) is 36.2 Å². The quantitative estimate of drug-likeness (QED) is 0.638. The Bertz CT molecular complexity index is 1050. The van der Waals surface area contributed by atoms with Gasteiger partial charge in [0.1, 0.15) is 6.17 Å². The van der Waals surface area contributed by atoms with Gasteiger partial charge in [0.25, 0.3) is 10.0 Å². The molecule has 0 N–H and O–H groups in total. The highest BCUT2D eigenvalue weighted by Gasteiger charge is 2.40. The predicted molar refractivity (Wildman–Crippen MR) is 105 cm³/mol. The summed E-state index contributed by atoms with van der Waals surface area (Å²) in [5.74, 6) is -0.538. The molecule has 0 saturated carbocycles. The van der Waals surface area contributed by atoms with Crippen LogP contribution in [0.2, 0.25) is 0 Å². The summed E-state index contributed by atoms with van der Waals surface area (Å²) in [6, 6.07) is 22.8. The molecule has 138 valence electrons. The summed E-state index contributed by atoms with van der Waals surface area (Å²) in [5.41, 5.74) is 2.83. The second-order valence-electron chi connectivity index (χ2n) is 6.83. The monoisotopic (exact) mass is 381 g/mol. The summed E-state index contributed by atoms with van der Waals surface area (Å²) in [7, 11) is -3.75. The minimum Gasteiger partial charge on any atom is -0.265 e. The minimum absolute atomic E-state index is 0.0889. The van der Waals surface area contributed by atoms with E-state index in [-0.39, 0.29) is 11.4 Å². The Morgan fingerprint density at radius 1 is 0.926 bits per heavy atom. The number of halogens is 1. The van der Waals surface area contributed by atoms with Gasteiger partial charge in [-0.3, -0.25) is 4.31 Å². The predicted octanol–water partition coefficient (Wildman–Crippen LogP) is 5.00. The standard InChI is InChI=1S/C22H20FNO2S/c1-16-11-13-18(14-12-16)27(25,26)24-15-20(19-9-5-6-10-21(19)24)22(23)17-7-3-2-4-8-17/h2-14,20,22H,15H2,1H3. The van der Waals surface area contributed by atoms with E-state index < -0.39 is 22.1 Å². The Morgan fingerprint density at radius 2 is 1.56 bits per heavy atom. The van der Waals surface area contributed by atoms with Crippen LogP contribution in [0.4, 0.5) is 10.1 Å². The number of anilines is 1. The van der Waals surface area contributed by atoms with Crippen molar-refractivity contribution in [3.63, 3.8) is 0 Å². The van der Waals surface area contributed by atoms with Crippen molar-refractivity contribution in [1.82, 2.24) is 0 Å². The molecule has 0 radical (unpaired) electrons. The molecular weight excluding hydrogens is 361 g/mol. The molecular formula is C22H20FNO2S. The van der Waals surface area contributed by atoms with Crippen molar-refractivity contribution >= 4 is 15.7 Å². The molecule has 3 aromatic rings.